The molecule has 0 saturated heterocycles. The molecule has 4 rings (SSSR count). The molecule has 0 spiro atoms. The number of hydrogen-bond acceptors (Lipinski definition) is 6. The SMILES string of the molecule is CN(C)CCN(CCOc1ccc(/C=N/NC(=O)c2ccc(O)c(Cl)c2)c2ccccc12)Cc1ccccc1. The maximum absolute atomic E-state index is 12.4. The van der Waals surface area contributed by atoms with Gasteiger partial charge < -0.3 is 14.7 Å². The number of phenols is 1. The number of hydrazone groups is 1. The van der Waals surface area contributed by atoms with Gasteiger partial charge in [-0.05, 0) is 55.4 Å². The molecule has 202 valence electrons. The number of nitrogens with one attached hydrogen (secondary N) is 1. The normalized spacial score (nSPS) is 11.5. The average Bonchev–Trinajstić information content (AvgIpc) is 2.94. The summed E-state index contributed by atoms with van der Waals surface area (Å²) in [6, 6.07) is 26.6. The van der Waals surface area contributed by atoms with Gasteiger partial charge in [-0.25, -0.2) is 5.43 Å². The van der Waals surface area contributed by atoms with Crippen LogP contribution >= 0.6 is 11.6 Å². The van der Waals surface area contributed by atoms with E-state index in [1.54, 1.807) is 6.21 Å². The van der Waals surface area contributed by atoms with E-state index in [0.717, 1.165) is 48.3 Å². The highest BCUT2D eigenvalue weighted by Gasteiger charge is 2.11. The van der Waals surface area contributed by atoms with Gasteiger partial charge in [0.1, 0.15) is 18.1 Å². The summed E-state index contributed by atoms with van der Waals surface area (Å²) >= 11 is 5.90. The number of hydrogen-bond donors (Lipinski definition) is 2. The lowest BCUT2D eigenvalue weighted by Crippen LogP contribution is -2.34. The zero-order valence-electron chi connectivity index (χ0n) is 22.2. The quantitative estimate of drug-likeness (QED) is 0.184. The third-order valence-corrected chi connectivity index (χ3v) is 6.58. The number of fused-ring (bicyclic) bond motifs is 1. The maximum atomic E-state index is 12.4. The van der Waals surface area contributed by atoms with Gasteiger partial charge in [0.05, 0.1) is 11.2 Å². The lowest BCUT2D eigenvalue weighted by Gasteiger charge is -2.24. The number of halogens is 1. The van der Waals surface area contributed by atoms with Crippen LogP contribution in [0.25, 0.3) is 10.8 Å². The first kappa shape index (κ1) is 28.1. The van der Waals surface area contributed by atoms with Crippen LogP contribution in [0.15, 0.2) is 90.0 Å². The van der Waals surface area contributed by atoms with E-state index in [2.05, 4.69) is 58.7 Å². The first-order valence-electron chi connectivity index (χ1n) is 12.8. The number of phenolic OH excluding ortho intramolecular Hbond substituents is 1. The number of carbonyl (C=O) groups excluding carboxylic acids is 1. The molecular formula is C31H33ClN4O3. The Hall–Kier alpha value is -3.91. The fourth-order valence-corrected chi connectivity index (χ4v) is 4.32. The van der Waals surface area contributed by atoms with Gasteiger partial charge in [0, 0.05) is 42.7 Å². The molecule has 1 amide bonds. The predicted octanol–water partition coefficient (Wildman–Crippen LogP) is 5.41. The number of rotatable bonds is 12. The first-order valence-corrected chi connectivity index (χ1v) is 13.2. The Balaban J connectivity index is 1.41. The van der Waals surface area contributed by atoms with Crippen LogP contribution in [0.2, 0.25) is 5.02 Å². The Labute approximate surface area is 234 Å². The number of ether oxygens (including phenoxy) is 1. The van der Waals surface area contributed by atoms with Crippen molar-refractivity contribution in [3.63, 3.8) is 0 Å². The summed E-state index contributed by atoms with van der Waals surface area (Å²) in [5, 5.41) is 15.7. The largest absolute Gasteiger partial charge is 0.506 e. The highest BCUT2D eigenvalue weighted by atomic mass is 35.5. The summed E-state index contributed by atoms with van der Waals surface area (Å²) in [5.41, 5.74) is 4.94. The van der Waals surface area contributed by atoms with Crippen molar-refractivity contribution in [1.29, 1.82) is 0 Å². The predicted molar refractivity (Wildman–Crippen MR) is 158 cm³/mol. The van der Waals surface area contributed by atoms with Gasteiger partial charge in [-0.15, -0.1) is 0 Å². The Kier molecular flexibility index (Phi) is 9.91. The molecule has 0 heterocycles. The zero-order chi connectivity index (χ0) is 27.6. The van der Waals surface area contributed by atoms with Gasteiger partial charge in [0.2, 0.25) is 0 Å². The molecule has 0 radical (unpaired) electrons. The molecule has 0 atom stereocenters. The fourth-order valence-electron chi connectivity index (χ4n) is 4.14. The molecule has 7 nitrogen and oxygen atoms in total. The second-order valence-electron chi connectivity index (χ2n) is 9.48. The highest BCUT2D eigenvalue weighted by molar-refractivity contribution is 6.32. The van der Waals surface area contributed by atoms with Crippen LogP contribution in [0.3, 0.4) is 0 Å². The van der Waals surface area contributed by atoms with E-state index in [9.17, 15) is 9.90 Å². The van der Waals surface area contributed by atoms with Crippen molar-refractivity contribution < 1.29 is 14.6 Å². The standard InChI is InChI=1S/C31H33ClN4O3/c1-35(2)16-17-36(22-23-8-4-3-5-9-23)18-19-39-30-15-13-25(26-10-6-7-11-27(26)30)21-33-34-31(38)24-12-14-29(37)28(32)20-24/h3-15,20-21,37H,16-19,22H2,1-2H3,(H,34,38)/b33-21+. The van der Waals surface area contributed by atoms with Crippen LogP contribution < -0.4 is 10.2 Å². The molecule has 0 fully saturated rings. The molecule has 0 aromatic heterocycles. The van der Waals surface area contributed by atoms with Gasteiger partial charge in [0.25, 0.3) is 5.91 Å². The van der Waals surface area contributed by atoms with Crippen LogP contribution in [-0.2, 0) is 6.54 Å². The zero-order valence-corrected chi connectivity index (χ0v) is 22.9. The van der Waals surface area contributed by atoms with Gasteiger partial charge in [-0.1, -0.05) is 66.2 Å². The molecule has 0 aliphatic carbocycles. The Morgan fingerprint density at radius 3 is 2.44 bits per heavy atom. The maximum Gasteiger partial charge on any atom is 0.271 e. The minimum atomic E-state index is -0.424. The molecule has 0 unspecified atom stereocenters. The smallest absolute Gasteiger partial charge is 0.271 e. The van der Waals surface area contributed by atoms with Gasteiger partial charge in [-0.3, -0.25) is 9.69 Å². The van der Waals surface area contributed by atoms with Crippen LogP contribution in [0.4, 0.5) is 0 Å². The van der Waals surface area contributed by atoms with E-state index in [-0.39, 0.29) is 10.8 Å². The van der Waals surface area contributed by atoms with Crippen LogP contribution in [0, 0.1) is 0 Å². The molecule has 0 aliphatic rings. The van der Waals surface area contributed by atoms with Crippen molar-refractivity contribution in [3.05, 3.63) is 107 Å². The summed E-state index contributed by atoms with van der Waals surface area (Å²) in [5.74, 6) is 0.299. The molecule has 0 bridgehead atoms. The highest BCUT2D eigenvalue weighted by Crippen LogP contribution is 2.28. The average molecular weight is 545 g/mol. The number of amides is 1. The van der Waals surface area contributed by atoms with E-state index < -0.39 is 5.91 Å². The summed E-state index contributed by atoms with van der Waals surface area (Å²) in [7, 11) is 4.17. The van der Waals surface area contributed by atoms with Crippen molar-refractivity contribution >= 4 is 34.5 Å². The molecule has 4 aromatic rings. The summed E-state index contributed by atoms with van der Waals surface area (Å²) < 4.78 is 6.27. The lowest BCUT2D eigenvalue weighted by atomic mass is 10.0. The Bertz CT molecular complexity index is 1430. The topological polar surface area (TPSA) is 77.4 Å². The lowest BCUT2D eigenvalue weighted by molar-refractivity contribution is 0.0955. The first-order chi connectivity index (χ1) is 18.9. The monoisotopic (exact) mass is 544 g/mol. The van der Waals surface area contributed by atoms with Gasteiger partial charge >= 0.3 is 0 Å². The van der Waals surface area contributed by atoms with Crippen molar-refractivity contribution in [1.82, 2.24) is 15.2 Å². The molecule has 2 N–H and O–H groups in total. The van der Waals surface area contributed by atoms with E-state index in [1.165, 1.54) is 23.8 Å². The number of benzene rings is 4. The minimum Gasteiger partial charge on any atom is -0.506 e. The summed E-state index contributed by atoms with van der Waals surface area (Å²) in [6.45, 7) is 4.15. The van der Waals surface area contributed by atoms with Crippen LogP contribution in [0.1, 0.15) is 21.5 Å². The van der Waals surface area contributed by atoms with Crippen molar-refractivity contribution in [2.45, 2.75) is 6.54 Å². The third kappa shape index (κ3) is 8.04. The second kappa shape index (κ2) is 13.8. The molecule has 8 heteroatoms. The number of carbonyl (C=O) groups is 1. The molecule has 0 saturated carbocycles. The van der Waals surface area contributed by atoms with Crippen molar-refractivity contribution in [3.8, 4) is 11.5 Å². The Morgan fingerprint density at radius 2 is 1.69 bits per heavy atom. The van der Waals surface area contributed by atoms with Crippen molar-refractivity contribution in [2.24, 2.45) is 5.10 Å². The molecule has 39 heavy (non-hydrogen) atoms. The molecule has 4 aromatic carbocycles. The van der Waals surface area contributed by atoms with Crippen LogP contribution in [-0.4, -0.2) is 67.4 Å². The van der Waals surface area contributed by atoms with E-state index >= 15 is 0 Å². The fraction of sp³-hybridized carbons (Fsp3) is 0.226. The third-order valence-electron chi connectivity index (χ3n) is 6.27. The van der Waals surface area contributed by atoms with Gasteiger partial charge in [0.15, 0.2) is 0 Å². The van der Waals surface area contributed by atoms with E-state index in [0.29, 0.717) is 12.2 Å². The van der Waals surface area contributed by atoms with Gasteiger partial charge in [-0.2, -0.15) is 5.10 Å². The Morgan fingerprint density at radius 1 is 0.949 bits per heavy atom. The van der Waals surface area contributed by atoms with E-state index in [1.807, 2.05) is 42.5 Å². The summed E-state index contributed by atoms with van der Waals surface area (Å²) in [4.78, 5) is 17.0. The second-order valence-corrected chi connectivity index (χ2v) is 9.88. The van der Waals surface area contributed by atoms with Crippen LogP contribution in [0.5, 0.6) is 11.5 Å². The minimum absolute atomic E-state index is 0.0806. The summed E-state index contributed by atoms with van der Waals surface area (Å²) in [6.07, 6.45) is 1.61. The number of aromatic hydroxyl groups is 1. The number of nitrogens with zero attached hydrogens (tertiary/aromatic N) is 3. The molecular weight excluding hydrogens is 512 g/mol. The number of likely N-dealkylation sites (N-methyl/N-ethyl adjacent to an activating group) is 1. The molecule has 0 aliphatic heterocycles. The van der Waals surface area contributed by atoms with E-state index in [4.69, 9.17) is 16.3 Å². The van der Waals surface area contributed by atoms with Crippen molar-refractivity contribution in [2.75, 3.05) is 40.3 Å².